The van der Waals surface area contributed by atoms with Gasteiger partial charge < -0.3 is 10.6 Å². The van der Waals surface area contributed by atoms with E-state index >= 15 is 0 Å². The van der Waals surface area contributed by atoms with Crippen LogP contribution in [0, 0.1) is 5.92 Å². The maximum atomic E-state index is 12.7. The van der Waals surface area contributed by atoms with Crippen molar-refractivity contribution in [1.82, 2.24) is 4.90 Å². The summed E-state index contributed by atoms with van der Waals surface area (Å²) in [6, 6.07) is 8.63. The van der Waals surface area contributed by atoms with Crippen molar-refractivity contribution in [2.24, 2.45) is 11.7 Å². The summed E-state index contributed by atoms with van der Waals surface area (Å²) in [5, 5.41) is 0. The zero-order valence-corrected chi connectivity index (χ0v) is 11.5. The van der Waals surface area contributed by atoms with Crippen molar-refractivity contribution in [1.29, 1.82) is 0 Å². The second-order valence-electron chi connectivity index (χ2n) is 5.92. The van der Waals surface area contributed by atoms with Gasteiger partial charge in [0.25, 0.3) is 5.91 Å². The fourth-order valence-electron chi connectivity index (χ4n) is 2.77. The molecule has 3 rings (SSSR count). The number of nitrogens with two attached hydrogens (primary N) is 1. The first-order valence-electron chi connectivity index (χ1n) is 7.32. The molecule has 0 aliphatic heterocycles. The third kappa shape index (κ3) is 2.66. The molecule has 0 aromatic heterocycles. The summed E-state index contributed by atoms with van der Waals surface area (Å²) in [6.07, 6.45) is 4.90. The summed E-state index contributed by atoms with van der Waals surface area (Å²) in [5.41, 5.74) is 7.47. The number of hydrogen-bond donors (Lipinski definition) is 1. The molecule has 1 aromatic carbocycles. The van der Waals surface area contributed by atoms with Gasteiger partial charge in [0.2, 0.25) is 0 Å². The van der Waals surface area contributed by atoms with Crippen LogP contribution in [0.4, 0.5) is 0 Å². The van der Waals surface area contributed by atoms with Crippen LogP contribution in [-0.2, 0) is 6.54 Å². The monoisotopic (exact) mass is 258 g/mol. The van der Waals surface area contributed by atoms with Crippen molar-refractivity contribution in [2.75, 3.05) is 0 Å². The first kappa shape index (κ1) is 12.7. The molecule has 0 heterocycles. The van der Waals surface area contributed by atoms with Crippen LogP contribution in [0.3, 0.4) is 0 Å². The Labute approximate surface area is 114 Å². The van der Waals surface area contributed by atoms with E-state index in [4.69, 9.17) is 5.73 Å². The second kappa shape index (κ2) is 4.97. The minimum absolute atomic E-state index is 0.200. The van der Waals surface area contributed by atoms with Gasteiger partial charge in [-0.15, -0.1) is 0 Å². The van der Waals surface area contributed by atoms with Crippen molar-refractivity contribution < 1.29 is 4.79 Å². The van der Waals surface area contributed by atoms with Crippen LogP contribution in [0.1, 0.15) is 48.5 Å². The summed E-state index contributed by atoms with van der Waals surface area (Å²) >= 11 is 0. The second-order valence-corrected chi connectivity index (χ2v) is 5.92. The summed E-state index contributed by atoms with van der Waals surface area (Å²) in [5.74, 6) is 0.929. The first-order chi connectivity index (χ1) is 9.20. The molecule has 2 aliphatic rings. The van der Waals surface area contributed by atoms with Gasteiger partial charge in [-0.3, -0.25) is 4.79 Å². The molecule has 0 bridgehead atoms. The Morgan fingerprint density at radius 1 is 1.26 bits per heavy atom. The summed E-state index contributed by atoms with van der Waals surface area (Å²) < 4.78 is 0. The van der Waals surface area contributed by atoms with Crippen molar-refractivity contribution in [3.05, 3.63) is 35.4 Å². The van der Waals surface area contributed by atoms with Crippen LogP contribution in [0.15, 0.2) is 24.3 Å². The molecule has 1 aromatic rings. The third-order valence-electron chi connectivity index (χ3n) is 4.35. The Hall–Kier alpha value is -1.35. The van der Waals surface area contributed by atoms with Crippen molar-refractivity contribution >= 4 is 5.91 Å². The number of rotatable bonds is 5. The van der Waals surface area contributed by atoms with Crippen molar-refractivity contribution in [3.8, 4) is 0 Å². The van der Waals surface area contributed by atoms with E-state index in [9.17, 15) is 4.79 Å². The van der Waals surface area contributed by atoms with E-state index in [1.54, 1.807) is 0 Å². The Morgan fingerprint density at radius 3 is 2.37 bits per heavy atom. The molecule has 19 heavy (non-hydrogen) atoms. The Bertz CT molecular complexity index is 460. The minimum atomic E-state index is 0.200. The highest BCUT2D eigenvalue weighted by atomic mass is 16.2. The molecule has 1 unspecified atom stereocenters. The standard InChI is InChI=1S/C16H22N2O/c1-11(13-6-7-13)18(15-8-9-15)16(19)14-4-2-12(10-17)3-5-14/h2-5,11,13,15H,6-10,17H2,1H3. The quantitative estimate of drug-likeness (QED) is 0.882. The number of amides is 1. The smallest absolute Gasteiger partial charge is 0.254 e. The lowest BCUT2D eigenvalue weighted by atomic mass is 10.1. The molecule has 0 saturated heterocycles. The average Bonchev–Trinajstić information content (AvgIpc) is 3.30. The third-order valence-corrected chi connectivity index (χ3v) is 4.35. The first-order valence-corrected chi connectivity index (χ1v) is 7.32. The molecule has 3 nitrogen and oxygen atoms in total. The van der Waals surface area contributed by atoms with E-state index in [1.165, 1.54) is 25.7 Å². The molecule has 2 fully saturated rings. The molecule has 2 saturated carbocycles. The minimum Gasteiger partial charge on any atom is -0.333 e. The maximum Gasteiger partial charge on any atom is 0.254 e. The van der Waals surface area contributed by atoms with Crippen molar-refractivity contribution in [3.63, 3.8) is 0 Å². The lowest BCUT2D eigenvalue weighted by molar-refractivity contribution is 0.0654. The lowest BCUT2D eigenvalue weighted by Crippen LogP contribution is -2.41. The predicted molar refractivity (Wildman–Crippen MR) is 75.7 cm³/mol. The van der Waals surface area contributed by atoms with Crippen LogP contribution in [-0.4, -0.2) is 22.9 Å². The van der Waals surface area contributed by atoms with Gasteiger partial charge in [0.15, 0.2) is 0 Å². The number of nitrogens with zero attached hydrogens (tertiary/aromatic N) is 1. The Morgan fingerprint density at radius 2 is 1.89 bits per heavy atom. The fraction of sp³-hybridized carbons (Fsp3) is 0.562. The molecule has 1 amide bonds. The van der Waals surface area contributed by atoms with E-state index in [1.807, 2.05) is 24.3 Å². The summed E-state index contributed by atoms with van der Waals surface area (Å²) in [4.78, 5) is 14.8. The predicted octanol–water partition coefficient (Wildman–Crippen LogP) is 2.55. The Kier molecular flexibility index (Phi) is 3.31. The summed E-state index contributed by atoms with van der Waals surface area (Å²) in [7, 11) is 0. The van der Waals surface area contributed by atoms with Crippen LogP contribution >= 0.6 is 0 Å². The molecule has 0 spiro atoms. The van der Waals surface area contributed by atoms with Crippen LogP contribution in [0.2, 0.25) is 0 Å². The van der Waals surface area contributed by atoms with Gasteiger partial charge >= 0.3 is 0 Å². The van der Waals surface area contributed by atoms with Crippen LogP contribution < -0.4 is 5.73 Å². The average molecular weight is 258 g/mol. The summed E-state index contributed by atoms with van der Waals surface area (Å²) in [6.45, 7) is 2.74. The maximum absolute atomic E-state index is 12.7. The fourth-order valence-corrected chi connectivity index (χ4v) is 2.77. The van der Waals surface area contributed by atoms with Crippen LogP contribution in [0.25, 0.3) is 0 Å². The highest BCUT2D eigenvalue weighted by Gasteiger charge is 2.41. The van der Waals surface area contributed by atoms with E-state index < -0.39 is 0 Å². The van der Waals surface area contributed by atoms with Gasteiger partial charge in [-0.05, 0) is 56.2 Å². The molecular weight excluding hydrogens is 236 g/mol. The van der Waals surface area contributed by atoms with Gasteiger partial charge in [0, 0.05) is 24.2 Å². The molecule has 3 heteroatoms. The molecular formula is C16H22N2O. The molecule has 1 atom stereocenters. The zero-order chi connectivity index (χ0) is 13.4. The number of carbonyl (C=O) groups excluding carboxylic acids is 1. The molecule has 0 radical (unpaired) electrons. The number of carbonyl (C=O) groups is 1. The van der Waals surface area contributed by atoms with E-state index in [2.05, 4.69) is 11.8 Å². The highest BCUT2D eigenvalue weighted by molar-refractivity contribution is 5.95. The highest BCUT2D eigenvalue weighted by Crippen LogP contribution is 2.40. The van der Waals surface area contributed by atoms with E-state index in [0.717, 1.165) is 17.0 Å². The van der Waals surface area contributed by atoms with Crippen molar-refractivity contribution in [2.45, 2.75) is 51.2 Å². The van der Waals surface area contributed by atoms with Gasteiger partial charge in [-0.25, -0.2) is 0 Å². The van der Waals surface area contributed by atoms with Gasteiger partial charge in [-0.2, -0.15) is 0 Å². The number of benzene rings is 1. The Balaban J connectivity index is 1.78. The lowest BCUT2D eigenvalue weighted by Gasteiger charge is -2.29. The van der Waals surface area contributed by atoms with E-state index in [-0.39, 0.29) is 5.91 Å². The molecule has 102 valence electrons. The normalized spacial score (nSPS) is 20.1. The van der Waals surface area contributed by atoms with Gasteiger partial charge in [0.05, 0.1) is 0 Å². The van der Waals surface area contributed by atoms with Crippen LogP contribution in [0.5, 0.6) is 0 Å². The SMILES string of the molecule is CC(C1CC1)N(C(=O)c1ccc(CN)cc1)C1CC1. The van der Waals surface area contributed by atoms with Gasteiger partial charge in [0.1, 0.15) is 0 Å². The topological polar surface area (TPSA) is 46.3 Å². The zero-order valence-electron chi connectivity index (χ0n) is 11.5. The largest absolute Gasteiger partial charge is 0.333 e. The van der Waals surface area contributed by atoms with Gasteiger partial charge in [-0.1, -0.05) is 12.1 Å². The molecule has 2 aliphatic carbocycles. The van der Waals surface area contributed by atoms with E-state index in [0.29, 0.717) is 18.6 Å². The molecule has 2 N–H and O–H groups in total. The number of hydrogen-bond acceptors (Lipinski definition) is 2.